The fraction of sp³-hybridized carbons (Fsp3) is 0.800. The number of hydrogen-bond donors (Lipinski definition) is 0. The maximum Gasteiger partial charge on any atom is -0.00522 e. The van der Waals surface area contributed by atoms with Crippen LogP contribution >= 0.6 is 15.9 Å². The van der Waals surface area contributed by atoms with Gasteiger partial charge in [0.2, 0.25) is 0 Å². The molecule has 60 valence electrons. The average Bonchev–Trinajstić information content (AvgIpc) is 2.52. The molecule has 11 heavy (non-hydrogen) atoms. The molecule has 3 rings (SSSR count). The fourth-order valence-corrected chi connectivity index (χ4v) is 4.39. The lowest BCUT2D eigenvalue weighted by molar-refractivity contribution is 0.362. The van der Waals surface area contributed by atoms with E-state index in [0.717, 1.165) is 23.7 Å². The minimum Gasteiger partial charge on any atom is -0.0706 e. The average molecular weight is 213 g/mol. The van der Waals surface area contributed by atoms with Gasteiger partial charge < -0.3 is 0 Å². The van der Waals surface area contributed by atoms with E-state index in [9.17, 15) is 0 Å². The van der Waals surface area contributed by atoms with Gasteiger partial charge in [-0.2, -0.15) is 0 Å². The molecule has 1 heteroatoms. The quantitative estimate of drug-likeness (QED) is 0.579. The van der Waals surface area contributed by atoms with Crippen molar-refractivity contribution in [2.45, 2.75) is 25.7 Å². The van der Waals surface area contributed by atoms with Crippen molar-refractivity contribution in [3.8, 4) is 0 Å². The van der Waals surface area contributed by atoms with Crippen LogP contribution in [0.5, 0.6) is 0 Å². The molecule has 0 aromatic heterocycles. The van der Waals surface area contributed by atoms with Crippen LogP contribution in [-0.4, -0.2) is 0 Å². The van der Waals surface area contributed by atoms with Crippen molar-refractivity contribution in [3.05, 3.63) is 10.6 Å². The van der Waals surface area contributed by atoms with Crippen molar-refractivity contribution in [2.75, 3.05) is 0 Å². The van der Waals surface area contributed by atoms with Crippen molar-refractivity contribution in [1.29, 1.82) is 0 Å². The van der Waals surface area contributed by atoms with Crippen molar-refractivity contribution < 1.29 is 0 Å². The van der Waals surface area contributed by atoms with Gasteiger partial charge in [0.25, 0.3) is 0 Å². The highest BCUT2D eigenvalue weighted by molar-refractivity contribution is 9.11. The molecular weight excluding hydrogens is 200 g/mol. The van der Waals surface area contributed by atoms with Gasteiger partial charge in [-0.25, -0.2) is 0 Å². The number of rotatable bonds is 0. The van der Waals surface area contributed by atoms with Gasteiger partial charge in [0.05, 0.1) is 0 Å². The van der Waals surface area contributed by atoms with Gasteiger partial charge in [0.1, 0.15) is 0 Å². The summed E-state index contributed by atoms with van der Waals surface area (Å²) in [5, 5.41) is 0. The Bertz CT molecular complexity index is 219. The van der Waals surface area contributed by atoms with Crippen LogP contribution < -0.4 is 0 Å². The fourth-order valence-electron chi connectivity index (χ4n) is 3.53. The number of fused-ring (bicyclic) bond motifs is 5. The molecule has 0 saturated heterocycles. The van der Waals surface area contributed by atoms with Crippen LogP contribution in [0.4, 0.5) is 0 Å². The third kappa shape index (κ3) is 0.756. The predicted octanol–water partition coefficient (Wildman–Crippen LogP) is 3.33. The molecule has 0 aromatic carbocycles. The van der Waals surface area contributed by atoms with E-state index in [1.807, 2.05) is 0 Å². The van der Waals surface area contributed by atoms with Gasteiger partial charge in [-0.05, 0) is 47.4 Å². The van der Waals surface area contributed by atoms with Crippen LogP contribution in [0.1, 0.15) is 25.7 Å². The molecule has 3 aliphatic rings. The maximum absolute atomic E-state index is 3.69. The molecule has 0 aromatic rings. The lowest BCUT2D eigenvalue weighted by Gasteiger charge is -2.22. The molecule has 0 nitrogen and oxygen atoms in total. The molecule has 3 aliphatic carbocycles. The minimum atomic E-state index is 0.937. The Morgan fingerprint density at radius 3 is 3.00 bits per heavy atom. The van der Waals surface area contributed by atoms with Crippen LogP contribution in [0, 0.1) is 23.7 Å². The van der Waals surface area contributed by atoms with E-state index in [1.54, 1.807) is 0 Å². The topological polar surface area (TPSA) is 0 Å². The second-order valence-corrected chi connectivity index (χ2v) is 5.23. The first-order chi connectivity index (χ1) is 5.36. The summed E-state index contributed by atoms with van der Waals surface area (Å²) < 4.78 is 1.53. The van der Waals surface area contributed by atoms with Gasteiger partial charge in [-0.1, -0.05) is 28.4 Å². The van der Waals surface area contributed by atoms with Gasteiger partial charge in [0.15, 0.2) is 0 Å². The highest BCUT2D eigenvalue weighted by Gasteiger charge is 2.49. The van der Waals surface area contributed by atoms with Gasteiger partial charge >= 0.3 is 0 Å². The Morgan fingerprint density at radius 2 is 2.09 bits per heavy atom. The summed E-state index contributed by atoms with van der Waals surface area (Å²) in [6.07, 6.45) is 8.47. The predicted molar refractivity (Wildman–Crippen MR) is 49.4 cm³/mol. The smallest absolute Gasteiger partial charge is 0.00522 e. The van der Waals surface area contributed by atoms with Gasteiger partial charge in [0, 0.05) is 0 Å². The lowest BCUT2D eigenvalue weighted by Crippen LogP contribution is -2.14. The molecule has 4 unspecified atom stereocenters. The van der Waals surface area contributed by atoms with E-state index in [4.69, 9.17) is 0 Å². The summed E-state index contributed by atoms with van der Waals surface area (Å²) in [7, 11) is 0. The molecule has 4 atom stereocenters. The highest BCUT2D eigenvalue weighted by Crippen LogP contribution is 2.59. The molecule has 2 fully saturated rings. The van der Waals surface area contributed by atoms with Crippen molar-refractivity contribution in [1.82, 2.24) is 0 Å². The Labute approximate surface area is 76.2 Å². The van der Waals surface area contributed by atoms with Crippen molar-refractivity contribution >= 4 is 15.9 Å². The zero-order chi connectivity index (χ0) is 7.42. The molecular formula is C10H13Br. The zero-order valence-corrected chi connectivity index (χ0v) is 8.18. The van der Waals surface area contributed by atoms with E-state index in [2.05, 4.69) is 22.0 Å². The minimum absolute atomic E-state index is 0.937. The van der Waals surface area contributed by atoms with Crippen molar-refractivity contribution in [3.63, 3.8) is 0 Å². The molecule has 2 saturated carbocycles. The van der Waals surface area contributed by atoms with E-state index in [0.29, 0.717) is 0 Å². The molecule has 0 N–H and O–H groups in total. The van der Waals surface area contributed by atoms with Gasteiger partial charge in [-0.3, -0.25) is 0 Å². The Balaban J connectivity index is 1.99. The summed E-state index contributed by atoms with van der Waals surface area (Å²) in [6, 6.07) is 0. The number of allylic oxidation sites excluding steroid dienone is 2. The van der Waals surface area contributed by atoms with E-state index in [-0.39, 0.29) is 0 Å². The molecule has 0 amide bonds. The van der Waals surface area contributed by atoms with E-state index in [1.165, 1.54) is 30.2 Å². The normalized spacial score (nSPS) is 53.0. The third-order valence-corrected chi connectivity index (χ3v) is 4.80. The standard InChI is InChI=1S/C10H13Br/c11-10-5-6-4-9(10)8-3-1-2-7(6)8/h5-9H,1-4H2. The first-order valence-electron chi connectivity index (χ1n) is 4.73. The Kier molecular flexibility index (Phi) is 1.30. The van der Waals surface area contributed by atoms with Gasteiger partial charge in [-0.15, -0.1) is 0 Å². The second kappa shape index (κ2) is 2.12. The zero-order valence-electron chi connectivity index (χ0n) is 6.59. The van der Waals surface area contributed by atoms with Crippen LogP contribution in [0.15, 0.2) is 10.6 Å². The van der Waals surface area contributed by atoms with E-state index < -0.39 is 0 Å². The van der Waals surface area contributed by atoms with Crippen LogP contribution in [0.2, 0.25) is 0 Å². The summed E-state index contributed by atoms with van der Waals surface area (Å²) in [6.45, 7) is 0. The summed E-state index contributed by atoms with van der Waals surface area (Å²) in [5.41, 5.74) is 0. The number of halogens is 1. The first-order valence-corrected chi connectivity index (χ1v) is 5.53. The summed E-state index contributed by atoms with van der Waals surface area (Å²) in [5.74, 6) is 4.05. The molecule has 2 bridgehead atoms. The third-order valence-electron chi connectivity index (χ3n) is 3.95. The molecule has 0 radical (unpaired) electrons. The van der Waals surface area contributed by atoms with E-state index >= 15 is 0 Å². The highest BCUT2D eigenvalue weighted by atomic mass is 79.9. The largest absolute Gasteiger partial charge is 0.0706 e. The summed E-state index contributed by atoms with van der Waals surface area (Å²) >= 11 is 3.69. The maximum atomic E-state index is 3.69. The Morgan fingerprint density at radius 1 is 1.27 bits per heavy atom. The van der Waals surface area contributed by atoms with Crippen LogP contribution in [-0.2, 0) is 0 Å². The lowest BCUT2D eigenvalue weighted by atomic mass is 9.86. The molecule has 0 heterocycles. The number of hydrogen-bond acceptors (Lipinski definition) is 0. The second-order valence-electron chi connectivity index (χ2n) is 4.32. The monoisotopic (exact) mass is 212 g/mol. The van der Waals surface area contributed by atoms with Crippen LogP contribution in [0.25, 0.3) is 0 Å². The van der Waals surface area contributed by atoms with Crippen LogP contribution in [0.3, 0.4) is 0 Å². The SMILES string of the molecule is BrC1=CC2CC1C1CCCC21. The Hall–Kier alpha value is 0.220. The first kappa shape index (κ1) is 6.71. The summed E-state index contributed by atoms with van der Waals surface area (Å²) in [4.78, 5) is 0. The molecule has 0 aliphatic heterocycles. The molecule has 0 spiro atoms. The van der Waals surface area contributed by atoms with Crippen molar-refractivity contribution in [2.24, 2.45) is 23.7 Å².